The van der Waals surface area contributed by atoms with Crippen LogP contribution in [0.2, 0.25) is 0 Å². The van der Waals surface area contributed by atoms with E-state index in [1.165, 1.54) is 12.1 Å². The number of hydrogen-bond acceptors (Lipinski definition) is 3. The fourth-order valence-corrected chi connectivity index (χ4v) is 3.53. The normalized spacial score (nSPS) is 28.0. The van der Waals surface area contributed by atoms with Crippen LogP contribution >= 0.6 is 0 Å². The molecule has 0 saturated carbocycles. The van der Waals surface area contributed by atoms with E-state index < -0.39 is 0 Å². The summed E-state index contributed by atoms with van der Waals surface area (Å²) in [4.78, 5) is 14.8. The third-order valence-electron chi connectivity index (χ3n) is 4.71. The van der Waals surface area contributed by atoms with Crippen molar-refractivity contribution in [1.29, 1.82) is 0 Å². The highest BCUT2D eigenvalue weighted by Crippen LogP contribution is 2.28. The van der Waals surface area contributed by atoms with Gasteiger partial charge in [-0.15, -0.1) is 0 Å². The monoisotopic (exact) mass is 288 g/mol. The lowest BCUT2D eigenvalue weighted by Crippen LogP contribution is -2.57. The van der Waals surface area contributed by atoms with E-state index in [4.69, 9.17) is 0 Å². The highest BCUT2D eigenvalue weighted by atomic mass is 19.1. The van der Waals surface area contributed by atoms with Gasteiger partial charge in [0.1, 0.15) is 5.82 Å². The van der Waals surface area contributed by atoms with Crippen molar-refractivity contribution in [2.45, 2.75) is 18.9 Å². The Balaban J connectivity index is 1.56. The molecular formula is C15H17FN4O. The molecule has 0 radical (unpaired) electrons. The summed E-state index contributed by atoms with van der Waals surface area (Å²) in [6.07, 6.45) is 2.30. The van der Waals surface area contributed by atoms with Crippen molar-refractivity contribution in [3.8, 4) is 0 Å². The molecule has 5 rings (SSSR count). The van der Waals surface area contributed by atoms with Crippen LogP contribution in [0.1, 0.15) is 23.3 Å². The number of rotatable bonds is 2. The maximum Gasteiger partial charge on any atom is 0.272 e. The summed E-state index contributed by atoms with van der Waals surface area (Å²) in [7, 11) is 0. The zero-order valence-electron chi connectivity index (χ0n) is 11.6. The summed E-state index contributed by atoms with van der Waals surface area (Å²) in [6, 6.07) is 4.50. The van der Waals surface area contributed by atoms with E-state index in [0.29, 0.717) is 22.5 Å². The number of carbonyl (C=O) groups is 1. The average molecular weight is 288 g/mol. The molecule has 0 aliphatic carbocycles. The Hall–Kier alpha value is -1.95. The maximum absolute atomic E-state index is 13.2. The van der Waals surface area contributed by atoms with Gasteiger partial charge in [0, 0.05) is 18.0 Å². The molecule has 0 unspecified atom stereocenters. The van der Waals surface area contributed by atoms with Gasteiger partial charge in [0.25, 0.3) is 5.91 Å². The van der Waals surface area contributed by atoms with Gasteiger partial charge in [-0.25, -0.2) is 4.39 Å². The number of aromatic nitrogens is 2. The molecule has 1 aromatic heterocycles. The third-order valence-corrected chi connectivity index (χ3v) is 4.71. The number of fused-ring (bicyclic) bond motifs is 4. The SMILES string of the molecule is O=C(N[C@H]1CN2CCC1CC2)c1n[nH]c2cc(F)ccc12. The summed E-state index contributed by atoms with van der Waals surface area (Å²) in [5.41, 5.74) is 0.899. The summed E-state index contributed by atoms with van der Waals surface area (Å²) in [6.45, 7) is 3.21. The van der Waals surface area contributed by atoms with Crippen LogP contribution in [-0.4, -0.2) is 46.7 Å². The van der Waals surface area contributed by atoms with Gasteiger partial charge in [0.05, 0.1) is 5.52 Å². The van der Waals surface area contributed by atoms with E-state index in [-0.39, 0.29) is 17.8 Å². The Bertz CT molecular complexity index is 690. The van der Waals surface area contributed by atoms with E-state index in [1.807, 2.05) is 0 Å². The molecule has 5 nitrogen and oxygen atoms in total. The molecule has 6 heteroatoms. The third kappa shape index (κ3) is 2.19. The number of aromatic amines is 1. The van der Waals surface area contributed by atoms with Gasteiger partial charge in [-0.2, -0.15) is 5.10 Å². The largest absolute Gasteiger partial charge is 0.346 e. The second kappa shape index (κ2) is 4.80. The molecule has 1 amide bonds. The first-order chi connectivity index (χ1) is 10.2. The highest BCUT2D eigenvalue weighted by molar-refractivity contribution is 6.04. The van der Waals surface area contributed by atoms with Gasteiger partial charge in [-0.05, 0) is 50.0 Å². The Labute approximate surface area is 121 Å². The zero-order valence-corrected chi connectivity index (χ0v) is 11.6. The van der Waals surface area contributed by atoms with E-state index in [2.05, 4.69) is 20.4 Å². The van der Waals surface area contributed by atoms with E-state index in [9.17, 15) is 9.18 Å². The first kappa shape index (κ1) is 12.8. The highest BCUT2D eigenvalue weighted by Gasteiger charge is 2.35. The fraction of sp³-hybridized carbons (Fsp3) is 0.467. The molecule has 3 fully saturated rings. The number of amides is 1. The number of piperidine rings is 3. The Kier molecular flexibility index (Phi) is 2.92. The van der Waals surface area contributed by atoms with Crippen LogP contribution in [0, 0.1) is 11.7 Å². The molecule has 110 valence electrons. The van der Waals surface area contributed by atoms with Crippen molar-refractivity contribution in [3.63, 3.8) is 0 Å². The second-order valence-corrected chi connectivity index (χ2v) is 5.98. The summed E-state index contributed by atoms with van der Waals surface area (Å²) in [5, 5.41) is 10.5. The summed E-state index contributed by atoms with van der Waals surface area (Å²) >= 11 is 0. The van der Waals surface area contributed by atoms with Gasteiger partial charge < -0.3 is 10.2 Å². The van der Waals surface area contributed by atoms with Crippen molar-refractivity contribution in [2.75, 3.05) is 19.6 Å². The predicted octanol–water partition coefficient (Wildman–Crippen LogP) is 1.53. The summed E-state index contributed by atoms with van der Waals surface area (Å²) in [5.74, 6) is 0.0590. The predicted molar refractivity (Wildman–Crippen MR) is 76.5 cm³/mol. The molecule has 2 aromatic rings. The van der Waals surface area contributed by atoms with Gasteiger partial charge in [0.15, 0.2) is 5.69 Å². The van der Waals surface area contributed by atoms with Crippen LogP contribution in [0.5, 0.6) is 0 Å². The molecule has 4 heterocycles. The summed E-state index contributed by atoms with van der Waals surface area (Å²) < 4.78 is 13.2. The minimum Gasteiger partial charge on any atom is -0.346 e. The molecule has 21 heavy (non-hydrogen) atoms. The lowest BCUT2D eigenvalue weighted by Gasteiger charge is -2.44. The number of carbonyl (C=O) groups excluding carboxylic acids is 1. The molecule has 1 atom stereocenters. The zero-order chi connectivity index (χ0) is 14.4. The molecule has 3 saturated heterocycles. The van der Waals surface area contributed by atoms with E-state index in [1.54, 1.807) is 6.07 Å². The van der Waals surface area contributed by atoms with Crippen LogP contribution in [0.4, 0.5) is 4.39 Å². The minimum atomic E-state index is -0.338. The molecular weight excluding hydrogens is 271 g/mol. The van der Waals surface area contributed by atoms with Crippen molar-refractivity contribution in [3.05, 3.63) is 29.7 Å². The van der Waals surface area contributed by atoms with Gasteiger partial charge >= 0.3 is 0 Å². The molecule has 1 aromatic carbocycles. The van der Waals surface area contributed by atoms with Crippen LogP contribution in [-0.2, 0) is 0 Å². The number of H-pyrrole nitrogens is 1. The van der Waals surface area contributed by atoms with Crippen molar-refractivity contribution < 1.29 is 9.18 Å². The second-order valence-electron chi connectivity index (χ2n) is 5.98. The quantitative estimate of drug-likeness (QED) is 0.881. The minimum absolute atomic E-state index is 0.174. The Morgan fingerprint density at radius 1 is 1.38 bits per heavy atom. The van der Waals surface area contributed by atoms with Gasteiger partial charge in [0.2, 0.25) is 0 Å². The Morgan fingerprint density at radius 2 is 2.19 bits per heavy atom. The molecule has 2 N–H and O–H groups in total. The lowest BCUT2D eigenvalue weighted by molar-refractivity contribution is 0.0618. The molecule has 2 bridgehead atoms. The molecule has 0 spiro atoms. The van der Waals surface area contributed by atoms with Crippen molar-refractivity contribution >= 4 is 16.8 Å². The smallest absolute Gasteiger partial charge is 0.272 e. The van der Waals surface area contributed by atoms with Crippen LogP contribution in [0.15, 0.2) is 18.2 Å². The van der Waals surface area contributed by atoms with E-state index in [0.717, 1.165) is 32.5 Å². The van der Waals surface area contributed by atoms with Crippen molar-refractivity contribution in [1.82, 2.24) is 20.4 Å². The van der Waals surface area contributed by atoms with E-state index >= 15 is 0 Å². The lowest BCUT2D eigenvalue weighted by atomic mass is 9.84. The number of hydrogen-bond donors (Lipinski definition) is 2. The fourth-order valence-electron chi connectivity index (χ4n) is 3.53. The topological polar surface area (TPSA) is 61.0 Å². The number of nitrogens with zero attached hydrogens (tertiary/aromatic N) is 2. The molecule has 3 aliphatic heterocycles. The number of benzene rings is 1. The molecule has 3 aliphatic rings. The van der Waals surface area contributed by atoms with Gasteiger partial charge in [-0.1, -0.05) is 0 Å². The maximum atomic E-state index is 13.2. The van der Waals surface area contributed by atoms with Crippen LogP contribution in [0.3, 0.4) is 0 Å². The average Bonchev–Trinajstić information content (AvgIpc) is 2.91. The standard InChI is InChI=1S/C15H17FN4O/c16-10-1-2-11-12(7-10)18-19-14(11)15(21)17-13-8-20-5-3-9(13)4-6-20/h1-2,7,9,13H,3-6,8H2,(H,17,21)(H,18,19)/t13-/m0/s1. The first-order valence-corrected chi connectivity index (χ1v) is 7.37. The Morgan fingerprint density at radius 3 is 2.90 bits per heavy atom. The first-order valence-electron chi connectivity index (χ1n) is 7.37. The van der Waals surface area contributed by atoms with Crippen LogP contribution < -0.4 is 5.32 Å². The van der Waals surface area contributed by atoms with Crippen LogP contribution in [0.25, 0.3) is 10.9 Å². The number of halogens is 1. The van der Waals surface area contributed by atoms with Crippen molar-refractivity contribution in [2.24, 2.45) is 5.92 Å². The van der Waals surface area contributed by atoms with Gasteiger partial charge in [-0.3, -0.25) is 9.89 Å². The number of nitrogens with one attached hydrogen (secondary N) is 2.